The number of carbonyl (C=O) groups excluding carboxylic acids is 1. The number of hydrogen-bond acceptors (Lipinski definition) is 3. The van der Waals surface area contributed by atoms with E-state index in [9.17, 15) is 9.90 Å². The molecule has 0 aromatic heterocycles. The van der Waals surface area contributed by atoms with Crippen LogP contribution < -0.4 is 9.64 Å². The Bertz CT molecular complexity index is 938. The van der Waals surface area contributed by atoms with Gasteiger partial charge in [-0.1, -0.05) is 49.4 Å². The molecule has 2 aromatic carbocycles. The van der Waals surface area contributed by atoms with Crippen LogP contribution in [0.15, 0.2) is 66.7 Å². The maximum absolute atomic E-state index is 13.2. The minimum Gasteiger partial charge on any atom is -0.497 e. The second-order valence-electron chi connectivity index (χ2n) is 8.19. The zero-order valence-electron chi connectivity index (χ0n) is 15.6. The summed E-state index contributed by atoms with van der Waals surface area (Å²) in [5.41, 5.74) is 2.05. The number of amides is 1. The predicted octanol–water partition coefficient (Wildman–Crippen LogP) is 3.31. The Morgan fingerprint density at radius 1 is 1.15 bits per heavy atom. The summed E-state index contributed by atoms with van der Waals surface area (Å²) in [6, 6.07) is 17.3. The first-order chi connectivity index (χ1) is 13.0. The Balaban J connectivity index is 1.60. The van der Waals surface area contributed by atoms with E-state index in [1.54, 1.807) is 12.0 Å². The van der Waals surface area contributed by atoms with E-state index in [4.69, 9.17) is 4.74 Å². The third-order valence-corrected chi connectivity index (χ3v) is 7.22. The lowest BCUT2D eigenvalue weighted by Crippen LogP contribution is -2.65. The normalized spacial score (nSPS) is 36.6. The zero-order chi connectivity index (χ0) is 19.0. The molecule has 5 rings (SSSR count). The molecule has 3 aliphatic rings. The lowest BCUT2D eigenvalue weighted by molar-refractivity contribution is -0.135. The van der Waals surface area contributed by atoms with Gasteiger partial charge in [-0.15, -0.1) is 0 Å². The van der Waals surface area contributed by atoms with Crippen molar-refractivity contribution < 1.29 is 14.6 Å². The van der Waals surface area contributed by atoms with Crippen LogP contribution in [0.4, 0.5) is 5.69 Å². The van der Waals surface area contributed by atoms with Gasteiger partial charge in [0.25, 0.3) is 0 Å². The van der Waals surface area contributed by atoms with Gasteiger partial charge in [0.05, 0.1) is 30.6 Å². The first-order valence-electron chi connectivity index (χ1n) is 9.36. The van der Waals surface area contributed by atoms with E-state index in [-0.39, 0.29) is 23.3 Å². The molecule has 0 bridgehead atoms. The van der Waals surface area contributed by atoms with Crippen molar-refractivity contribution in [1.29, 1.82) is 0 Å². The average molecular weight is 361 g/mol. The van der Waals surface area contributed by atoms with E-state index < -0.39 is 11.5 Å². The van der Waals surface area contributed by atoms with Crippen molar-refractivity contribution in [3.63, 3.8) is 0 Å². The summed E-state index contributed by atoms with van der Waals surface area (Å²) in [5, 5.41) is 11.5. The fourth-order valence-electron chi connectivity index (χ4n) is 6.11. The summed E-state index contributed by atoms with van der Waals surface area (Å²) >= 11 is 0. The fraction of sp³-hybridized carbons (Fsp3) is 0.348. The molecule has 1 saturated heterocycles. The Morgan fingerprint density at radius 2 is 1.81 bits per heavy atom. The molecule has 3 fully saturated rings. The number of methoxy groups -OCH3 is 1. The van der Waals surface area contributed by atoms with E-state index in [2.05, 4.69) is 25.6 Å². The average Bonchev–Trinajstić information content (AvgIpc) is 2.80. The number of aliphatic hydroxyl groups excluding tert-OH is 1. The van der Waals surface area contributed by atoms with Crippen molar-refractivity contribution in [2.45, 2.75) is 30.9 Å². The summed E-state index contributed by atoms with van der Waals surface area (Å²) in [6.07, 6.45) is 0.110. The number of aliphatic hydroxyl groups is 1. The highest BCUT2D eigenvalue weighted by atomic mass is 16.5. The van der Waals surface area contributed by atoms with E-state index in [1.807, 2.05) is 42.5 Å². The minimum atomic E-state index is -0.670. The van der Waals surface area contributed by atoms with Gasteiger partial charge >= 0.3 is 0 Å². The highest BCUT2D eigenvalue weighted by molar-refractivity contribution is 6.05. The summed E-state index contributed by atoms with van der Waals surface area (Å²) in [5.74, 6) is 0.661. The minimum absolute atomic E-state index is 0.0945. The van der Waals surface area contributed by atoms with Crippen LogP contribution in [0.3, 0.4) is 0 Å². The first kappa shape index (κ1) is 16.6. The molecule has 2 saturated carbocycles. The molecular formula is C23H23NO3. The van der Waals surface area contributed by atoms with Gasteiger partial charge in [0.2, 0.25) is 5.91 Å². The second kappa shape index (κ2) is 5.23. The molecule has 0 radical (unpaired) electrons. The number of hydrogen-bond donors (Lipinski definition) is 1. The molecule has 1 N–H and O–H groups in total. The van der Waals surface area contributed by atoms with Crippen molar-refractivity contribution in [2.75, 3.05) is 12.0 Å². The smallest absolute Gasteiger partial charge is 0.233 e. The Hall–Kier alpha value is -2.59. The topological polar surface area (TPSA) is 49.8 Å². The van der Waals surface area contributed by atoms with Crippen LogP contribution in [0.1, 0.15) is 18.9 Å². The van der Waals surface area contributed by atoms with Gasteiger partial charge in [0.15, 0.2) is 0 Å². The summed E-state index contributed by atoms with van der Waals surface area (Å²) < 4.78 is 5.22. The molecule has 138 valence electrons. The largest absolute Gasteiger partial charge is 0.497 e. The number of ether oxygens (including phenoxy) is 1. The molecule has 27 heavy (non-hydrogen) atoms. The molecule has 1 amide bonds. The molecule has 0 spiro atoms. The number of nitrogens with zero attached hydrogens (tertiary/aromatic N) is 1. The number of rotatable bonds is 3. The van der Waals surface area contributed by atoms with Crippen LogP contribution >= 0.6 is 0 Å². The van der Waals surface area contributed by atoms with E-state index in [0.717, 1.165) is 29.0 Å². The molecule has 5 atom stereocenters. The lowest BCUT2D eigenvalue weighted by Gasteiger charge is -2.59. The molecular weight excluding hydrogens is 338 g/mol. The van der Waals surface area contributed by atoms with Crippen LogP contribution in [0, 0.1) is 11.3 Å². The molecule has 4 heteroatoms. The SMILES string of the molecule is C=C1C[C@]2(C)[C@H]3C(=O)N(c4ccc(OC)cc4)[C@H]3[C@@H](O)[C@]12c1ccccc1. The molecule has 1 heterocycles. The Kier molecular flexibility index (Phi) is 3.21. The van der Waals surface area contributed by atoms with Gasteiger partial charge in [0.1, 0.15) is 5.75 Å². The molecule has 4 nitrogen and oxygen atoms in total. The number of carbonyl (C=O) groups is 1. The number of benzene rings is 2. The van der Waals surface area contributed by atoms with Gasteiger partial charge < -0.3 is 14.7 Å². The monoisotopic (exact) mass is 361 g/mol. The summed E-state index contributed by atoms with van der Waals surface area (Å²) in [6.45, 7) is 6.43. The summed E-state index contributed by atoms with van der Waals surface area (Å²) in [4.78, 5) is 14.9. The van der Waals surface area contributed by atoms with E-state index in [0.29, 0.717) is 0 Å². The van der Waals surface area contributed by atoms with Gasteiger partial charge in [-0.3, -0.25) is 4.79 Å². The predicted molar refractivity (Wildman–Crippen MR) is 104 cm³/mol. The highest BCUT2D eigenvalue weighted by Crippen LogP contribution is 2.74. The fourth-order valence-corrected chi connectivity index (χ4v) is 6.11. The van der Waals surface area contributed by atoms with Crippen LogP contribution in [0.5, 0.6) is 5.75 Å². The Morgan fingerprint density at radius 3 is 2.41 bits per heavy atom. The third-order valence-electron chi connectivity index (χ3n) is 7.22. The van der Waals surface area contributed by atoms with Gasteiger partial charge in [-0.2, -0.15) is 0 Å². The van der Waals surface area contributed by atoms with Gasteiger partial charge in [-0.25, -0.2) is 0 Å². The molecule has 0 unspecified atom stereocenters. The number of anilines is 1. The van der Waals surface area contributed by atoms with Crippen molar-refractivity contribution in [3.8, 4) is 5.75 Å². The standard InChI is InChI=1S/C23H23NO3/c1-14-13-22(2)18-19(20(25)23(14,22)15-7-5-4-6-8-15)24(21(18)26)16-9-11-17(27-3)12-10-16/h4-12,18-20,25H,1,13H2,2-3H3/t18-,19-,20-,22-,23-/m1/s1. The first-order valence-corrected chi connectivity index (χ1v) is 9.36. The molecule has 2 aliphatic carbocycles. The third kappa shape index (κ3) is 1.70. The van der Waals surface area contributed by atoms with E-state index in [1.165, 1.54) is 0 Å². The van der Waals surface area contributed by atoms with Crippen LogP contribution in [0.2, 0.25) is 0 Å². The van der Waals surface area contributed by atoms with Crippen molar-refractivity contribution in [2.24, 2.45) is 11.3 Å². The van der Waals surface area contributed by atoms with Crippen molar-refractivity contribution >= 4 is 11.6 Å². The van der Waals surface area contributed by atoms with Crippen molar-refractivity contribution in [1.82, 2.24) is 0 Å². The van der Waals surface area contributed by atoms with E-state index >= 15 is 0 Å². The van der Waals surface area contributed by atoms with Crippen LogP contribution in [-0.2, 0) is 10.2 Å². The molecule has 2 aromatic rings. The van der Waals surface area contributed by atoms with Gasteiger partial charge in [0, 0.05) is 11.1 Å². The second-order valence-corrected chi connectivity index (χ2v) is 8.19. The lowest BCUT2D eigenvalue weighted by atomic mass is 9.44. The van der Waals surface area contributed by atoms with Gasteiger partial charge in [-0.05, 0) is 36.2 Å². The Labute approximate surface area is 159 Å². The number of β-lactam (4-membered cyclic amide) rings is 1. The zero-order valence-corrected chi connectivity index (χ0v) is 15.6. The maximum Gasteiger partial charge on any atom is 0.233 e. The highest BCUT2D eigenvalue weighted by Gasteiger charge is 2.80. The van der Waals surface area contributed by atoms with Crippen LogP contribution in [-0.4, -0.2) is 30.3 Å². The summed E-state index contributed by atoms with van der Waals surface area (Å²) in [7, 11) is 1.62. The van der Waals surface area contributed by atoms with Crippen molar-refractivity contribution in [3.05, 3.63) is 72.3 Å². The van der Waals surface area contributed by atoms with Crippen LogP contribution in [0.25, 0.3) is 0 Å². The molecule has 1 aliphatic heterocycles. The quantitative estimate of drug-likeness (QED) is 0.674. The number of fused-ring (bicyclic) bond motifs is 3. The maximum atomic E-state index is 13.2.